The van der Waals surface area contributed by atoms with E-state index in [1.54, 1.807) is 16.8 Å². The van der Waals surface area contributed by atoms with E-state index in [0.29, 0.717) is 45.4 Å². The third kappa shape index (κ3) is 9.61. The first-order valence-corrected chi connectivity index (χ1v) is 19.9. The lowest BCUT2D eigenvalue weighted by molar-refractivity contribution is -0.143. The number of fused-ring (bicyclic) bond motifs is 2. The predicted octanol–water partition coefficient (Wildman–Crippen LogP) is 4.25. The van der Waals surface area contributed by atoms with Crippen molar-refractivity contribution in [2.24, 2.45) is 5.92 Å². The second kappa shape index (κ2) is 18.4. The Labute approximate surface area is 329 Å². The Morgan fingerprint density at radius 1 is 0.607 bits per heavy atom. The third-order valence-corrected chi connectivity index (χ3v) is 11.3. The number of benzene rings is 5. The van der Waals surface area contributed by atoms with E-state index < -0.39 is 29.9 Å². The highest BCUT2D eigenvalue weighted by Crippen LogP contribution is 2.22. The Morgan fingerprint density at radius 3 is 1.75 bits per heavy atom. The first-order valence-electron chi connectivity index (χ1n) is 19.9. The van der Waals surface area contributed by atoms with Crippen LogP contribution in [0.5, 0.6) is 0 Å². The molecule has 10 heteroatoms. The number of likely N-dealkylation sites (N-methyl/N-ethyl adjacent to an activating group) is 1. The van der Waals surface area contributed by atoms with Crippen molar-refractivity contribution in [1.82, 2.24) is 31.1 Å². The van der Waals surface area contributed by atoms with E-state index in [9.17, 15) is 19.2 Å². The number of hydrogen-bond acceptors (Lipinski definition) is 6. The number of carbonyl (C=O) groups excluding carboxylic acids is 4. The molecule has 2 unspecified atom stereocenters. The van der Waals surface area contributed by atoms with Gasteiger partial charge in [-0.2, -0.15) is 0 Å². The standard InChI is InChI=1S/C46H52N6O4/c1-51(45(55)37-19-21-47-22-20-37)42(31-34-16-18-36-12-6-8-14-39(36)28-34)44(54)49-40(30-33-15-17-35-11-5-7-13-38(35)27-33)43(53)50-41(29-32-9-3-2-4-10-32)46(56)52-25-23-48-24-26-52/h2-18,27-28,37,40-42,47-48H,19-26,29-31H2,1H3,(H,49,54)(H,50,53)/t40?,41?,42-/m1/s1. The molecule has 5 aromatic carbocycles. The van der Waals surface area contributed by atoms with Crippen LogP contribution in [0.15, 0.2) is 115 Å². The second-order valence-electron chi connectivity index (χ2n) is 15.1. The summed E-state index contributed by atoms with van der Waals surface area (Å²) in [5, 5.41) is 17.0. The van der Waals surface area contributed by atoms with Crippen molar-refractivity contribution < 1.29 is 19.2 Å². The van der Waals surface area contributed by atoms with Crippen molar-refractivity contribution in [3.63, 3.8) is 0 Å². The van der Waals surface area contributed by atoms with Gasteiger partial charge in [0.05, 0.1) is 0 Å². The molecule has 2 heterocycles. The SMILES string of the molecule is CN(C(=O)C1CCNCC1)[C@H](Cc1ccc2ccccc2c1)C(=O)NC(Cc1ccc2ccccc2c1)C(=O)NC(Cc1ccccc1)C(=O)N1CCNCC1. The highest BCUT2D eigenvalue weighted by Gasteiger charge is 2.36. The summed E-state index contributed by atoms with van der Waals surface area (Å²) >= 11 is 0. The van der Waals surface area contributed by atoms with E-state index in [1.807, 2.05) is 109 Å². The largest absolute Gasteiger partial charge is 0.342 e. The lowest BCUT2D eigenvalue weighted by atomic mass is 9.94. The zero-order valence-electron chi connectivity index (χ0n) is 32.1. The monoisotopic (exact) mass is 752 g/mol. The normalized spacial score (nSPS) is 16.5. The lowest BCUT2D eigenvalue weighted by Crippen LogP contribution is -2.60. The highest BCUT2D eigenvalue weighted by atomic mass is 16.2. The van der Waals surface area contributed by atoms with Crippen LogP contribution in [0.2, 0.25) is 0 Å². The Bertz CT molecular complexity index is 2150. The summed E-state index contributed by atoms with van der Waals surface area (Å²) in [5.74, 6) is -1.29. The van der Waals surface area contributed by atoms with Crippen molar-refractivity contribution in [2.75, 3.05) is 46.3 Å². The molecule has 290 valence electrons. The molecule has 0 radical (unpaired) electrons. The van der Waals surface area contributed by atoms with Crippen LogP contribution in [0.25, 0.3) is 21.5 Å². The van der Waals surface area contributed by atoms with Crippen LogP contribution in [0.1, 0.15) is 29.5 Å². The molecule has 0 aromatic heterocycles. The van der Waals surface area contributed by atoms with Gasteiger partial charge in [0.2, 0.25) is 23.6 Å². The van der Waals surface area contributed by atoms with Gasteiger partial charge in [-0.15, -0.1) is 0 Å². The van der Waals surface area contributed by atoms with Crippen molar-refractivity contribution >= 4 is 45.2 Å². The van der Waals surface area contributed by atoms with Gasteiger partial charge in [0.1, 0.15) is 18.1 Å². The van der Waals surface area contributed by atoms with Crippen LogP contribution >= 0.6 is 0 Å². The van der Waals surface area contributed by atoms with Gasteiger partial charge in [-0.1, -0.05) is 115 Å². The van der Waals surface area contributed by atoms with E-state index >= 15 is 0 Å². The van der Waals surface area contributed by atoms with Gasteiger partial charge in [-0.25, -0.2) is 0 Å². The number of piperazine rings is 1. The second-order valence-corrected chi connectivity index (χ2v) is 15.1. The third-order valence-electron chi connectivity index (χ3n) is 11.3. The van der Waals surface area contributed by atoms with Gasteiger partial charge in [0, 0.05) is 58.4 Å². The van der Waals surface area contributed by atoms with E-state index in [4.69, 9.17) is 0 Å². The maximum Gasteiger partial charge on any atom is 0.245 e. The van der Waals surface area contributed by atoms with Crippen molar-refractivity contribution in [3.05, 3.63) is 132 Å². The smallest absolute Gasteiger partial charge is 0.245 e. The topological polar surface area (TPSA) is 123 Å². The molecule has 3 atom stereocenters. The molecule has 4 amide bonds. The number of hydrogen-bond donors (Lipinski definition) is 4. The van der Waals surface area contributed by atoms with E-state index in [-0.39, 0.29) is 30.6 Å². The van der Waals surface area contributed by atoms with Crippen molar-refractivity contribution in [3.8, 4) is 0 Å². The Morgan fingerprint density at radius 2 is 1.12 bits per heavy atom. The lowest BCUT2D eigenvalue weighted by Gasteiger charge is -2.34. The fraction of sp³-hybridized carbons (Fsp3) is 0.348. The molecule has 0 bridgehead atoms. The van der Waals surface area contributed by atoms with E-state index in [1.165, 1.54) is 0 Å². The Kier molecular flexibility index (Phi) is 12.7. The highest BCUT2D eigenvalue weighted by molar-refractivity contribution is 5.95. The number of nitrogens with zero attached hydrogens (tertiary/aromatic N) is 2. The fourth-order valence-corrected chi connectivity index (χ4v) is 8.01. The Hall–Kier alpha value is -5.58. The van der Waals surface area contributed by atoms with Crippen LogP contribution in [0.3, 0.4) is 0 Å². The summed E-state index contributed by atoms with van der Waals surface area (Å²) in [6, 6.07) is 35.1. The average molecular weight is 753 g/mol. The molecule has 2 fully saturated rings. The zero-order valence-corrected chi connectivity index (χ0v) is 32.1. The minimum Gasteiger partial charge on any atom is -0.342 e. The zero-order chi connectivity index (χ0) is 38.9. The van der Waals surface area contributed by atoms with Gasteiger partial charge in [-0.05, 0) is 64.2 Å². The first-order chi connectivity index (χ1) is 27.3. The molecule has 56 heavy (non-hydrogen) atoms. The quantitative estimate of drug-likeness (QED) is 0.143. The number of nitrogens with one attached hydrogen (secondary N) is 4. The Balaban J connectivity index is 1.20. The summed E-state index contributed by atoms with van der Waals surface area (Å²) in [4.78, 5) is 60.8. The molecular formula is C46H52N6O4. The summed E-state index contributed by atoms with van der Waals surface area (Å²) in [5.41, 5.74) is 2.70. The molecular weight excluding hydrogens is 701 g/mol. The molecule has 0 aliphatic carbocycles. The van der Waals surface area contributed by atoms with Crippen molar-refractivity contribution in [2.45, 2.75) is 50.2 Å². The van der Waals surface area contributed by atoms with Gasteiger partial charge in [0.15, 0.2) is 0 Å². The van der Waals surface area contributed by atoms with Crippen LogP contribution in [0.4, 0.5) is 0 Å². The average Bonchev–Trinajstić information content (AvgIpc) is 3.25. The minimum absolute atomic E-state index is 0.0764. The molecule has 4 N–H and O–H groups in total. The van der Waals surface area contributed by atoms with Crippen LogP contribution in [-0.2, 0) is 38.4 Å². The molecule has 0 saturated carbocycles. The summed E-state index contributed by atoms with van der Waals surface area (Å²) in [6.45, 7) is 3.95. The van der Waals surface area contributed by atoms with Crippen LogP contribution < -0.4 is 21.3 Å². The maximum atomic E-state index is 14.7. The number of piperidine rings is 1. The van der Waals surface area contributed by atoms with Crippen LogP contribution in [-0.4, -0.2) is 97.9 Å². The molecule has 2 saturated heterocycles. The van der Waals surface area contributed by atoms with Crippen LogP contribution in [0, 0.1) is 5.92 Å². The first kappa shape index (κ1) is 38.7. The molecule has 2 aliphatic heterocycles. The summed E-state index contributed by atoms with van der Waals surface area (Å²) in [7, 11) is 1.70. The van der Waals surface area contributed by atoms with Gasteiger partial charge < -0.3 is 31.1 Å². The van der Waals surface area contributed by atoms with Gasteiger partial charge >= 0.3 is 0 Å². The number of carbonyl (C=O) groups is 4. The number of amides is 4. The van der Waals surface area contributed by atoms with E-state index in [0.717, 1.165) is 51.3 Å². The molecule has 2 aliphatic rings. The van der Waals surface area contributed by atoms with E-state index in [2.05, 4.69) is 27.3 Å². The molecule has 10 nitrogen and oxygen atoms in total. The molecule has 0 spiro atoms. The maximum absolute atomic E-state index is 14.7. The van der Waals surface area contributed by atoms with Crippen molar-refractivity contribution in [1.29, 1.82) is 0 Å². The molecule has 7 rings (SSSR count). The number of rotatable bonds is 13. The van der Waals surface area contributed by atoms with Gasteiger partial charge in [-0.3, -0.25) is 19.2 Å². The van der Waals surface area contributed by atoms with Gasteiger partial charge in [0.25, 0.3) is 0 Å². The molecule has 5 aromatic rings. The predicted molar refractivity (Wildman–Crippen MR) is 221 cm³/mol. The fourth-order valence-electron chi connectivity index (χ4n) is 8.01. The minimum atomic E-state index is -1.03. The summed E-state index contributed by atoms with van der Waals surface area (Å²) < 4.78 is 0. The summed E-state index contributed by atoms with van der Waals surface area (Å²) in [6.07, 6.45) is 2.17.